The van der Waals surface area contributed by atoms with Gasteiger partial charge in [0.05, 0.1) is 17.4 Å². The van der Waals surface area contributed by atoms with Crippen LogP contribution < -0.4 is 5.32 Å². The van der Waals surface area contributed by atoms with Gasteiger partial charge in [-0.15, -0.1) is 0 Å². The van der Waals surface area contributed by atoms with Crippen LogP contribution in [0.3, 0.4) is 0 Å². The van der Waals surface area contributed by atoms with Crippen LogP contribution >= 0.6 is 0 Å². The first kappa shape index (κ1) is 24.7. The Morgan fingerprint density at radius 2 is 2.03 bits per heavy atom. The van der Waals surface area contributed by atoms with Crippen molar-refractivity contribution < 1.29 is 22.7 Å². The Morgan fingerprint density at radius 3 is 2.81 bits per heavy atom. The van der Waals surface area contributed by atoms with Crippen molar-refractivity contribution in [3.63, 3.8) is 0 Å². The average molecular weight is 507 g/mol. The molecule has 4 aromatic rings. The van der Waals surface area contributed by atoms with Gasteiger partial charge in [-0.05, 0) is 73.2 Å². The lowest BCUT2D eigenvalue weighted by atomic mass is 9.94. The van der Waals surface area contributed by atoms with E-state index in [9.17, 15) is 18.0 Å². The quantitative estimate of drug-likeness (QED) is 0.344. The van der Waals surface area contributed by atoms with Crippen molar-refractivity contribution in [1.82, 2.24) is 14.8 Å². The maximum absolute atomic E-state index is 13.0. The average Bonchev–Trinajstić information content (AvgIpc) is 3.58. The summed E-state index contributed by atoms with van der Waals surface area (Å²) in [5.74, 6) is -0.145. The molecule has 0 aliphatic carbocycles. The normalized spacial score (nSPS) is 15.6. The van der Waals surface area contributed by atoms with Crippen molar-refractivity contribution >= 4 is 11.6 Å². The van der Waals surface area contributed by atoms with E-state index >= 15 is 0 Å². The fourth-order valence-electron chi connectivity index (χ4n) is 4.48. The van der Waals surface area contributed by atoms with Crippen LogP contribution in [0.2, 0.25) is 0 Å². The highest BCUT2D eigenvalue weighted by atomic mass is 19.4. The van der Waals surface area contributed by atoms with Crippen molar-refractivity contribution in [3.05, 3.63) is 95.6 Å². The predicted octanol–water partition coefficient (Wildman–Crippen LogP) is 6.09. The zero-order valence-electron chi connectivity index (χ0n) is 20.1. The molecular weight excluding hydrogens is 481 g/mol. The highest BCUT2D eigenvalue weighted by Crippen LogP contribution is 2.31. The molecule has 9 heteroatoms. The summed E-state index contributed by atoms with van der Waals surface area (Å²) in [4.78, 5) is 17.0. The van der Waals surface area contributed by atoms with E-state index in [2.05, 4.69) is 15.4 Å². The zero-order valence-corrected chi connectivity index (χ0v) is 20.1. The molecule has 1 atom stereocenters. The van der Waals surface area contributed by atoms with Crippen LogP contribution in [0, 0.1) is 12.8 Å². The molecule has 37 heavy (non-hydrogen) atoms. The van der Waals surface area contributed by atoms with E-state index in [1.54, 1.807) is 29.2 Å². The Hall–Kier alpha value is -3.98. The molecule has 2 aromatic heterocycles. The molecule has 0 spiro atoms. The third-order valence-electron chi connectivity index (χ3n) is 6.50. The van der Waals surface area contributed by atoms with Crippen LogP contribution in [-0.2, 0) is 17.3 Å². The van der Waals surface area contributed by atoms with Crippen LogP contribution in [0.5, 0.6) is 0 Å². The Bertz CT molecular complexity index is 1420. The number of rotatable bonds is 6. The minimum absolute atomic E-state index is 0.0740. The molecule has 1 amide bonds. The van der Waals surface area contributed by atoms with Gasteiger partial charge in [0.1, 0.15) is 0 Å². The summed E-state index contributed by atoms with van der Waals surface area (Å²) in [5, 5.41) is 7.23. The number of carbonyl (C=O) groups excluding carboxylic acids is 1. The Labute approximate surface area is 212 Å². The molecule has 6 nitrogen and oxygen atoms in total. The number of benzene rings is 2. The molecule has 190 valence electrons. The van der Waals surface area contributed by atoms with E-state index < -0.39 is 17.6 Å². The molecule has 1 unspecified atom stereocenters. The SMILES string of the molecule is Cc1ccc(NC(=O)c2cccc(C(F)(F)F)c2)cc1-n1cc(-c2cnccc2CC2CCOC2)cn1. The van der Waals surface area contributed by atoms with E-state index in [0.29, 0.717) is 11.6 Å². The first-order valence-electron chi connectivity index (χ1n) is 11.9. The molecule has 2 aromatic carbocycles. The highest BCUT2D eigenvalue weighted by Gasteiger charge is 2.31. The minimum atomic E-state index is -4.52. The van der Waals surface area contributed by atoms with Crippen molar-refractivity contribution in [2.45, 2.75) is 25.9 Å². The number of aryl methyl sites for hydroxylation is 1. The summed E-state index contributed by atoms with van der Waals surface area (Å²) in [6, 6.07) is 11.7. The van der Waals surface area contributed by atoms with E-state index in [4.69, 9.17) is 4.74 Å². The maximum Gasteiger partial charge on any atom is 0.416 e. The number of anilines is 1. The van der Waals surface area contributed by atoms with Crippen molar-refractivity contribution in [1.29, 1.82) is 0 Å². The molecule has 1 aliphatic heterocycles. The highest BCUT2D eigenvalue weighted by molar-refractivity contribution is 6.04. The van der Waals surface area contributed by atoms with E-state index in [1.165, 1.54) is 17.7 Å². The second-order valence-electron chi connectivity index (χ2n) is 9.17. The molecule has 3 heterocycles. The predicted molar refractivity (Wildman–Crippen MR) is 134 cm³/mol. The monoisotopic (exact) mass is 506 g/mol. The Balaban J connectivity index is 1.38. The number of hydrogen-bond donors (Lipinski definition) is 1. The fraction of sp³-hybridized carbons (Fsp3) is 0.250. The second-order valence-corrected chi connectivity index (χ2v) is 9.17. The van der Waals surface area contributed by atoms with Crippen LogP contribution in [-0.4, -0.2) is 33.9 Å². The van der Waals surface area contributed by atoms with Crippen LogP contribution in [0.25, 0.3) is 16.8 Å². The van der Waals surface area contributed by atoms with E-state index in [1.807, 2.05) is 31.5 Å². The van der Waals surface area contributed by atoms with Crippen molar-refractivity contribution in [3.8, 4) is 16.8 Å². The van der Waals surface area contributed by atoms with Crippen molar-refractivity contribution in [2.75, 3.05) is 18.5 Å². The van der Waals surface area contributed by atoms with Crippen LogP contribution in [0.4, 0.5) is 18.9 Å². The summed E-state index contributed by atoms with van der Waals surface area (Å²) in [6.07, 6.45) is 4.73. The maximum atomic E-state index is 13.0. The molecule has 0 saturated carbocycles. The summed E-state index contributed by atoms with van der Waals surface area (Å²) in [7, 11) is 0. The number of nitrogens with zero attached hydrogens (tertiary/aromatic N) is 3. The largest absolute Gasteiger partial charge is 0.416 e. The number of alkyl halides is 3. The minimum Gasteiger partial charge on any atom is -0.381 e. The summed E-state index contributed by atoms with van der Waals surface area (Å²) >= 11 is 0. The smallest absolute Gasteiger partial charge is 0.381 e. The molecule has 0 bridgehead atoms. The van der Waals surface area contributed by atoms with Gasteiger partial charge in [-0.2, -0.15) is 18.3 Å². The number of nitrogens with one attached hydrogen (secondary N) is 1. The molecule has 1 N–H and O–H groups in total. The lowest BCUT2D eigenvalue weighted by Gasteiger charge is -2.12. The lowest BCUT2D eigenvalue weighted by Crippen LogP contribution is -2.14. The summed E-state index contributed by atoms with van der Waals surface area (Å²) in [6.45, 7) is 3.48. The molecule has 0 radical (unpaired) electrons. The van der Waals surface area contributed by atoms with Gasteiger partial charge in [0.15, 0.2) is 0 Å². The number of ether oxygens (including phenoxy) is 1. The lowest BCUT2D eigenvalue weighted by molar-refractivity contribution is -0.137. The first-order valence-corrected chi connectivity index (χ1v) is 11.9. The van der Waals surface area contributed by atoms with Gasteiger partial charge in [-0.25, -0.2) is 4.68 Å². The molecule has 1 fully saturated rings. The number of aromatic nitrogens is 3. The number of amides is 1. The molecular formula is C28H25F3N4O2. The first-order chi connectivity index (χ1) is 17.8. The fourth-order valence-corrected chi connectivity index (χ4v) is 4.48. The molecule has 1 saturated heterocycles. The van der Waals surface area contributed by atoms with Crippen LogP contribution in [0.15, 0.2) is 73.3 Å². The molecule has 5 rings (SSSR count). The van der Waals surface area contributed by atoms with Crippen LogP contribution in [0.1, 0.15) is 33.5 Å². The molecule has 1 aliphatic rings. The summed E-state index contributed by atoms with van der Waals surface area (Å²) in [5.41, 5.74) is 4.27. The Kier molecular flexibility index (Phi) is 6.80. The van der Waals surface area contributed by atoms with Gasteiger partial charge in [-0.1, -0.05) is 12.1 Å². The third kappa shape index (κ3) is 5.56. The standard InChI is InChI=1S/C28H25F3N4O2/c1-18-5-6-24(34-27(36)21-3-2-4-23(12-21)28(29,30)31)13-26(18)35-16-22(14-33-35)25-15-32-9-7-20(25)11-19-8-10-37-17-19/h2-7,9,12-16,19H,8,10-11,17H2,1H3,(H,34,36). The number of hydrogen-bond acceptors (Lipinski definition) is 4. The number of carbonyl (C=O) groups is 1. The topological polar surface area (TPSA) is 69.0 Å². The number of halogens is 3. The number of pyridine rings is 1. The van der Waals surface area contributed by atoms with Crippen molar-refractivity contribution in [2.24, 2.45) is 5.92 Å². The van der Waals surface area contributed by atoms with Gasteiger partial charge in [0, 0.05) is 54.2 Å². The summed E-state index contributed by atoms with van der Waals surface area (Å²) < 4.78 is 46.4. The Morgan fingerprint density at radius 1 is 1.16 bits per heavy atom. The van der Waals surface area contributed by atoms with Gasteiger partial charge in [-0.3, -0.25) is 9.78 Å². The van der Waals surface area contributed by atoms with E-state index in [0.717, 1.165) is 60.6 Å². The zero-order chi connectivity index (χ0) is 26.0. The van der Waals surface area contributed by atoms with Gasteiger partial charge in [0.25, 0.3) is 5.91 Å². The van der Waals surface area contributed by atoms with Gasteiger partial charge >= 0.3 is 6.18 Å². The van der Waals surface area contributed by atoms with Gasteiger partial charge < -0.3 is 10.1 Å². The van der Waals surface area contributed by atoms with E-state index in [-0.39, 0.29) is 5.56 Å². The third-order valence-corrected chi connectivity index (χ3v) is 6.50. The second kappa shape index (κ2) is 10.2. The van der Waals surface area contributed by atoms with Gasteiger partial charge in [0.2, 0.25) is 0 Å².